The highest BCUT2D eigenvalue weighted by atomic mass is 16.5. The van der Waals surface area contributed by atoms with Crippen LogP contribution in [0, 0.1) is 6.92 Å². The van der Waals surface area contributed by atoms with Gasteiger partial charge in [0, 0.05) is 20.1 Å². The zero-order chi connectivity index (χ0) is 26.4. The molecule has 198 valence electrons. The van der Waals surface area contributed by atoms with Crippen LogP contribution in [-0.2, 0) is 27.5 Å². The summed E-state index contributed by atoms with van der Waals surface area (Å²) < 4.78 is 5.87. The number of amides is 4. The number of ether oxygens (including phenoxy) is 1. The molecule has 0 bridgehead atoms. The first kappa shape index (κ1) is 26.6. The van der Waals surface area contributed by atoms with Crippen molar-refractivity contribution >= 4 is 17.8 Å². The van der Waals surface area contributed by atoms with Crippen molar-refractivity contribution in [2.45, 2.75) is 52.0 Å². The Labute approximate surface area is 218 Å². The molecular weight excluding hydrogens is 470 g/mol. The highest BCUT2D eigenvalue weighted by Crippen LogP contribution is 2.27. The molecule has 0 saturated carbocycles. The van der Waals surface area contributed by atoms with E-state index in [2.05, 4.69) is 5.32 Å². The fourth-order valence-electron chi connectivity index (χ4n) is 4.96. The molecule has 9 nitrogen and oxygen atoms in total. The van der Waals surface area contributed by atoms with Gasteiger partial charge in [0.1, 0.15) is 12.2 Å². The maximum atomic E-state index is 13.4. The topological polar surface area (TPSA) is 85.4 Å². The van der Waals surface area contributed by atoms with E-state index in [1.807, 2.05) is 68.4 Å². The summed E-state index contributed by atoms with van der Waals surface area (Å²) in [7, 11) is 1.73. The van der Waals surface area contributed by atoms with Crippen molar-refractivity contribution in [1.82, 2.24) is 25.1 Å². The van der Waals surface area contributed by atoms with Crippen molar-refractivity contribution < 1.29 is 19.1 Å². The SMILES string of the molecule is CCC[C@H]1C(=O)N(CCOCc2ccc(C)cc2)C[C@H]2N1C(=O)CN(C)N2C(=O)NCc1ccccc1. The summed E-state index contributed by atoms with van der Waals surface area (Å²) in [5.74, 6) is -0.221. The Morgan fingerprint density at radius 2 is 1.78 bits per heavy atom. The van der Waals surface area contributed by atoms with E-state index in [-0.39, 0.29) is 30.9 Å². The van der Waals surface area contributed by atoms with E-state index in [0.717, 1.165) is 17.5 Å². The summed E-state index contributed by atoms with van der Waals surface area (Å²) in [6.07, 6.45) is 0.722. The van der Waals surface area contributed by atoms with Crippen LogP contribution in [0.3, 0.4) is 0 Å². The molecule has 2 aromatic carbocycles. The molecule has 2 aromatic rings. The molecule has 37 heavy (non-hydrogen) atoms. The van der Waals surface area contributed by atoms with Gasteiger partial charge in [-0.15, -0.1) is 0 Å². The van der Waals surface area contributed by atoms with Crippen LogP contribution in [0.4, 0.5) is 4.79 Å². The maximum absolute atomic E-state index is 13.4. The van der Waals surface area contributed by atoms with Crippen molar-refractivity contribution in [3.63, 3.8) is 0 Å². The summed E-state index contributed by atoms with van der Waals surface area (Å²) in [5.41, 5.74) is 3.25. The van der Waals surface area contributed by atoms with Crippen molar-refractivity contribution in [2.75, 3.05) is 33.3 Å². The van der Waals surface area contributed by atoms with Gasteiger partial charge in [-0.25, -0.2) is 14.8 Å². The van der Waals surface area contributed by atoms with Crippen molar-refractivity contribution in [3.05, 3.63) is 71.3 Å². The number of benzene rings is 2. The minimum absolute atomic E-state index is 0.0441. The molecule has 2 aliphatic rings. The third-order valence-corrected chi connectivity index (χ3v) is 6.89. The number of nitrogens with zero attached hydrogens (tertiary/aromatic N) is 4. The first-order valence-corrected chi connectivity index (χ1v) is 12.9. The number of urea groups is 1. The zero-order valence-corrected chi connectivity index (χ0v) is 21.9. The third-order valence-electron chi connectivity index (χ3n) is 6.89. The van der Waals surface area contributed by atoms with Crippen LogP contribution >= 0.6 is 0 Å². The third kappa shape index (κ3) is 6.29. The van der Waals surface area contributed by atoms with Gasteiger partial charge in [0.2, 0.25) is 11.8 Å². The number of carbonyl (C=O) groups excluding carboxylic acids is 3. The van der Waals surface area contributed by atoms with Gasteiger partial charge in [0.05, 0.1) is 26.3 Å². The fourth-order valence-corrected chi connectivity index (χ4v) is 4.96. The second-order valence-corrected chi connectivity index (χ2v) is 9.71. The lowest BCUT2D eigenvalue weighted by molar-refractivity contribution is -0.188. The number of likely N-dealkylation sites (N-methyl/N-ethyl adjacent to an activating group) is 1. The predicted octanol–water partition coefficient (Wildman–Crippen LogP) is 2.75. The summed E-state index contributed by atoms with van der Waals surface area (Å²) in [6, 6.07) is 17.0. The average Bonchev–Trinajstić information content (AvgIpc) is 2.89. The van der Waals surface area contributed by atoms with Crippen LogP contribution in [-0.4, -0.2) is 83.2 Å². The highest BCUT2D eigenvalue weighted by Gasteiger charge is 2.50. The predicted molar refractivity (Wildman–Crippen MR) is 140 cm³/mol. The molecule has 2 heterocycles. The number of nitrogens with one attached hydrogen (secondary N) is 1. The molecule has 0 aromatic heterocycles. The molecule has 1 N–H and O–H groups in total. The Bertz CT molecular complexity index is 1080. The van der Waals surface area contributed by atoms with Gasteiger partial charge in [0.15, 0.2) is 0 Å². The van der Waals surface area contributed by atoms with E-state index in [1.165, 1.54) is 5.56 Å². The van der Waals surface area contributed by atoms with Gasteiger partial charge in [0.25, 0.3) is 0 Å². The number of carbonyl (C=O) groups is 3. The first-order chi connectivity index (χ1) is 17.9. The fraction of sp³-hybridized carbons (Fsp3) is 0.464. The van der Waals surface area contributed by atoms with Gasteiger partial charge in [-0.3, -0.25) is 9.59 Å². The largest absolute Gasteiger partial charge is 0.375 e. The molecule has 0 radical (unpaired) electrons. The normalized spacial score (nSPS) is 20.2. The van der Waals surface area contributed by atoms with Crippen molar-refractivity contribution in [3.8, 4) is 0 Å². The molecule has 0 unspecified atom stereocenters. The van der Waals surface area contributed by atoms with Gasteiger partial charge < -0.3 is 19.9 Å². The van der Waals surface area contributed by atoms with Crippen LogP contribution in [0.25, 0.3) is 0 Å². The van der Waals surface area contributed by atoms with Crippen LogP contribution in [0.5, 0.6) is 0 Å². The Hall–Kier alpha value is -3.43. The van der Waals surface area contributed by atoms with Gasteiger partial charge in [-0.1, -0.05) is 73.5 Å². The number of hydrogen-bond donors (Lipinski definition) is 1. The quantitative estimate of drug-likeness (QED) is 0.528. The van der Waals surface area contributed by atoms with E-state index in [9.17, 15) is 14.4 Å². The molecular formula is C28H37N5O4. The molecule has 2 aliphatic heterocycles. The lowest BCUT2D eigenvalue weighted by Gasteiger charge is -2.54. The van der Waals surface area contributed by atoms with E-state index >= 15 is 0 Å². The van der Waals surface area contributed by atoms with E-state index < -0.39 is 12.2 Å². The van der Waals surface area contributed by atoms with Crippen LogP contribution in [0.2, 0.25) is 0 Å². The number of hydrazine groups is 1. The molecule has 2 fully saturated rings. The van der Waals surface area contributed by atoms with Crippen molar-refractivity contribution in [2.24, 2.45) is 0 Å². The number of fused-ring (bicyclic) bond motifs is 1. The Kier molecular flexibility index (Phi) is 8.78. The lowest BCUT2D eigenvalue weighted by Crippen LogP contribution is -2.76. The van der Waals surface area contributed by atoms with Crippen molar-refractivity contribution in [1.29, 1.82) is 0 Å². The van der Waals surface area contributed by atoms with Crippen LogP contribution in [0.1, 0.15) is 36.5 Å². The average molecular weight is 508 g/mol. The molecule has 2 saturated heterocycles. The summed E-state index contributed by atoms with van der Waals surface area (Å²) in [5, 5.41) is 6.20. The monoisotopic (exact) mass is 507 g/mol. The second-order valence-electron chi connectivity index (χ2n) is 9.71. The second kappa shape index (κ2) is 12.2. The molecule has 0 aliphatic carbocycles. The summed E-state index contributed by atoms with van der Waals surface area (Å²) in [6.45, 7) is 5.92. The molecule has 4 rings (SSSR count). The van der Waals surface area contributed by atoms with E-state index in [1.54, 1.807) is 26.9 Å². The first-order valence-electron chi connectivity index (χ1n) is 12.9. The van der Waals surface area contributed by atoms with Crippen LogP contribution < -0.4 is 5.32 Å². The minimum Gasteiger partial charge on any atom is -0.375 e. The molecule has 4 amide bonds. The lowest BCUT2D eigenvalue weighted by atomic mass is 10.0. The number of aryl methyl sites for hydroxylation is 1. The zero-order valence-electron chi connectivity index (χ0n) is 21.9. The van der Waals surface area contributed by atoms with Gasteiger partial charge in [-0.2, -0.15) is 0 Å². The highest BCUT2D eigenvalue weighted by molar-refractivity contribution is 5.91. The van der Waals surface area contributed by atoms with E-state index in [0.29, 0.717) is 32.7 Å². The van der Waals surface area contributed by atoms with E-state index in [4.69, 9.17) is 4.74 Å². The smallest absolute Gasteiger partial charge is 0.334 e. The van der Waals surface area contributed by atoms with Gasteiger partial charge >= 0.3 is 6.03 Å². The summed E-state index contributed by atoms with van der Waals surface area (Å²) in [4.78, 5) is 43.2. The Morgan fingerprint density at radius 3 is 2.49 bits per heavy atom. The Morgan fingerprint density at radius 1 is 1.05 bits per heavy atom. The number of rotatable bonds is 9. The molecule has 2 atom stereocenters. The van der Waals surface area contributed by atoms with Crippen LogP contribution in [0.15, 0.2) is 54.6 Å². The minimum atomic E-state index is -0.591. The summed E-state index contributed by atoms with van der Waals surface area (Å²) >= 11 is 0. The standard InChI is InChI=1S/C28H37N5O4/c1-4-8-24-27(35)31(15-16-37-20-23-13-11-21(2)12-14-23)18-25-32(24)26(34)19-30(3)33(25)28(36)29-17-22-9-6-5-7-10-22/h5-7,9-14,24-25H,4,8,15-20H2,1-3H3,(H,29,36)/t24-,25-/m0/s1. The van der Waals surface area contributed by atoms with Gasteiger partial charge in [-0.05, 0) is 24.5 Å². The number of piperazine rings is 1. The number of hydrogen-bond acceptors (Lipinski definition) is 5. The molecule has 0 spiro atoms. The molecule has 9 heteroatoms. The Balaban J connectivity index is 1.45. The maximum Gasteiger partial charge on any atom is 0.334 e.